The largest absolute Gasteiger partial charge is 0.366 e. The summed E-state index contributed by atoms with van der Waals surface area (Å²) in [4.78, 5) is 3.01. The summed E-state index contributed by atoms with van der Waals surface area (Å²) < 4.78 is 1.77. The Morgan fingerprint density at radius 3 is 3.14 bits per heavy atom. The fraction of sp³-hybridized carbons (Fsp3) is 0. The molecule has 1 aromatic carbocycles. The van der Waals surface area contributed by atoms with E-state index in [1.54, 1.807) is 4.52 Å². The molecule has 0 fully saturated rings. The summed E-state index contributed by atoms with van der Waals surface area (Å²) in [5.41, 5.74) is 1.96. The summed E-state index contributed by atoms with van der Waals surface area (Å²) in [6.45, 7) is 0. The molecule has 3 aromatic rings. The van der Waals surface area contributed by atoms with E-state index in [0.717, 1.165) is 16.4 Å². The zero-order valence-corrected chi connectivity index (χ0v) is 7.38. The lowest BCUT2D eigenvalue weighted by Gasteiger charge is -1.93. The topological polar surface area (TPSA) is 46.0 Å². The van der Waals surface area contributed by atoms with Gasteiger partial charge in [-0.05, 0) is 12.1 Å². The predicted molar refractivity (Wildman–Crippen MR) is 53.7 cm³/mol. The van der Waals surface area contributed by atoms with Gasteiger partial charge in [-0.1, -0.05) is 17.3 Å². The minimum absolute atomic E-state index is 0.915. The number of aromatic nitrogens is 4. The summed E-state index contributed by atoms with van der Waals surface area (Å²) in [5, 5.41) is 9.22. The van der Waals surface area contributed by atoms with Crippen LogP contribution in [0.2, 0.25) is 0 Å². The van der Waals surface area contributed by atoms with Crippen LogP contribution in [0.1, 0.15) is 0 Å². The smallest absolute Gasteiger partial charge is 0.114 e. The molecule has 2 aromatic heterocycles. The van der Waals surface area contributed by atoms with Crippen molar-refractivity contribution in [2.45, 2.75) is 0 Å². The summed E-state index contributed by atoms with van der Waals surface area (Å²) in [6.07, 6.45) is 5.56. The van der Waals surface area contributed by atoms with Crippen LogP contribution < -0.4 is 0 Å². The molecule has 0 amide bonds. The van der Waals surface area contributed by atoms with Gasteiger partial charge in [-0.25, -0.2) is 4.52 Å². The lowest BCUT2D eigenvalue weighted by Crippen LogP contribution is -1.84. The SMILES string of the molecule is c1cc2cc[nH]ccn3nnc(c1)c23. The number of hydrogen-bond acceptors (Lipinski definition) is 2. The number of hydrogen-bond donors (Lipinski definition) is 1. The molecular formula is C10H8N4. The van der Waals surface area contributed by atoms with Gasteiger partial charge in [0.25, 0.3) is 0 Å². The van der Waals surface area contributed by atoms with E-state index in [1.165, 1.54) is 0 Å². The molecule has 0 saturated carbocycles. The molecule has 68 valence electrons. The second kappa shape index (κ2) is 2.70. The van der Waals surface area contributed by atoms with Crippen molar-refractivity contribution in [3.05, 3.63) is 42.9 Å². The van der Waals surface area contributed by atoms with Gasteiger partial charge in [0.05, 0.1) is 0 Å². The van der Waals surface area contributed by atoms with Crippen molar-refractivity contribution in [3.63, 3.8) is 0 Å². The summed E-state index contributed by atoms with van der Waals surface area (Å²) in [7, 11) is 0. The minimum Gasteiger partial charge on any atom is -0.366 e. The molecule has 0 aliphatic rings. The first kappa shape index (κ1) is 7.32. The van der Waals surface area contributed by atoms with E-state index in [-0.39, 0.29) is 0 Å². The van der Waals surface area contributed by atoms with Crippen LogP contribution in [0.3, 0.4) is 0 Å². The van der Waals surface area contributed by atoms with E-state index < -0.39 is 0 Å². The molecule has 0 saturated heterocycles. The number of nitrogens with zero attached hydrogens (tertiary/aromatic N) is 3. The van der Waals surface area contributed by atoms with Gasteiger partial charge in [-0.15, -0.1) is 5.10 Å². The second-order valence-electron chi connectivity index (χ2n) is 3.06. The Morgan fingerprint density at radius 2 is 2.14 bits per heavy atom. The maximum Gasteiger partial charge on any atom is 0.114 e. The maximum atomic E-state index is 4.07. The molecule has 0 atom stereocenters. The van der Waals surface area contributed by atoms with Crippen molar-refractivity contribution < 1.29 is 0 Å². The monoisotopic (exact) mass is 184 g/mol. The first-order chi connectivity index (χ1) is 6.95. The van der Waals surface area contributed by atoms with Gasteiger partial charge in [-0.3, -0.25) is 0 Å². The molecule has 2 heterocycles. The van der Waals surface area contributed by atoms with Crippen LogP contribution in [-0.2, 0) is 0 Å². The van der Waals surface area contributed by atoms with Crippen molar-refractivity contribution in [2.24, 2.45) is 0 Å². The highest BCUT2D eigenvalue weighted by Crippen LogP contribution is 2.15. The fourth-order valence-corrected chi connectivity index (χ4v) is 1.57. The van der Waals surface area contributed by atoms with Crippen LogP contribution in [0.25, 0.3) is 16.4 Å². The van der Waals surface area contributed by atoms with Crippen molar-refractivity contribution in [3.8, 4) is 0 Å². The van der Waals surface area contributed by atoms with E-state index in [2.05, 4.69) is 15.3 Å². The normalized spacial score (nSPS) is 10.9. The molecular weight excluding hydrogens is 176 g/mol. The molecule has 0 unspecified atom stereocenters. The Labute approximate surface area is 79.8 Å². The highest BCUT2D eigenvalue weighted by molar-refractivity contribution is 5.92. The molecule has 1 N–H and O–H groups in total. The number of aromatic amines is 1. The van der Waals surface area contributed by atoms with Crippen LogP contribution in [0.5, 0.6) is 0 Å². The second-order valence-corrected chi connectivity index (χ2v) is 3.06. The third-order valence-corrected chi connectivity index (χ3v) is 2.19. The van der Waals surface area contributed by atoms with Crippen LogP contribution in [0.4, 0.5) is 0 Å². The van der Waals surface area contributed by atoms with E-state index >= 15 is 0 Å². The van der Waals surface area contributed by atoms with Gasteiger partial charge >= 0.3 is 0 Å². The van der Waals surface area contributed by atoms with E-state index in [0.29, 0.717) is 0 Å². The highest BCUT2D eigenvalue weighted by Gasteiger charge is 2.00. The predicted octanol–water partition coefficient (Wildman–Crippen LogP) is 1.77. The quantitative estimate of drug-likeness (QED) is 0.578. The van der Waals surface area contributed by atoms with E-state index in [1.807, 2.05) is 42.9 Å². The van der Waals surface area contributed by atoms with Crippen LogP contribution in [0, 0.1) is 0 Å². The molecule has 14 heavy (non-hydrogen) atoms. The number of rotatable bonds is 0. The molecule has 0 bridgehead atoms. The summed E-state index contributed by atoms with van der Waals surface area (Å²) in [5.74, 6) is 0. The standard InChI is InChI=1S/C10H8N4/c1-2-8-4-5-11-6-7-14-10(8)9(3-1)12-13-14/h1-7,11H. The van der Waals surface area contributed by atoms with Gasteiger partial charge in [-0.2, -0.15) is 0 Å². The van der Waals surface area contributed by atoms with Gasteiger partial charge in [0, 0.05) is 24.0 Å². The Bertz CT molecular complexity index is 606. The zero-order valence-electron chi connectivity index (χ0n) is 7.38. The average molecular weight is 184 g/mol. The number of para-hydroxylation sites is 1. The van der Waals surface area contributed by atoms with E-state index in [9.17, 15) is 0 Å². The fourth-order valence-electron chi connectivity index (χ4n) is 1.57. The van der Waals surface area contributed by atoms with Crippen molar-refractivity contribution in [2.75, 3.05) is 0 Å². The van der Waals surface area contributed by atoms with Crippen molar-refractivity contribution >= 4 is 16.4 Å². The first-order valence-corrected chi connectivity index (χ1v) is 4.38. The molecule has 4 nitrogen and oxygen atoms in total. The zero-order chi connectivity index (χ0) is 9.38. The lowest BCUT2D eigenvalue weighted by atomic mass is 10.2. The van der Waals surface area contributed by atoms with Crippen LogP contribution in [-0.4, -0.2) is 19.8 Å². The lowest BCUT2D eigenvalue weighted by molar-refractivity contribution is 0.861. The molecule has 4 heteroatoms. The molecule has 0 radical (unpaired) electrons. The number of H-pyrrole nitrogens is 1. The average Bonchev–Trinajstić information content (AvgIpc) is 2.57. The van der Waals surface area contributed by atoms with Crippen LogP contribution in [0.15, 0.2) is 42.9 Å². The van der Waals surface area contributed by atoms with Gasteiger partial charge in [0.1, 0.15) is 11.0 Å². The number of nitrogens with one attached hydrogen (secondary N) is 1. The third-order valence-electron chi connectivity index (χ3n) is 2.19. The molecule has 0 aliphatic heterocycles. The van der Waals surface area contributed by atoms with Crippen LogP contribution >= 0.6 is 0 Å². The highest BCUT2D eigenvalue weighted by atomic mass is 15.4. The summed E-state index contributed by atoms with van der Waals surface area (Å²) >= 11 is 0. The third kappa shape index (κ3) is 0.939. The molecule has 0 aliphatic carbocycles. The molecule has 0 spiro atoms. The van der Waals surface area contributed by atoms with Gasteiger partial charge in [0.15, 0.2) is 0 Å². The minimum atomic E-state index is 0.915. The maximum absolute atomic E-state index is 4.07. The molecule has 3 rings (SSSR count). The first-order valence-electron chi connectivity index (χ1n) is 4.38. The number of benzene rings is 1. The Morgan fingerprint density at radius 1 is 1.14 bits per heavy atom. The van der Waals surface area contributed by atoms with Crippen molar-refractivity contribution in [1.29, 1.82) is 0 Å². The Hall–Kier alpha value is -2.10. The van der Waals surface area contributed by atoms with Crippen molar-refractivity contribution in [1.82, 2.24) is 19.8 Å². The van der Waals surface area contributed by atoms with Gasteiger partial charge < -0.3 is 4.98 Å². The Balaban J connectivity index is 2.68. The summed E-state index contributed by atoms with van der Waals surface area (Å²) in [6, 6.07) is 7.98. The van der Waals surface area contributed by atoms with Gasteiger partial charge in [0.2, 0.25) is 0 Å². The Kier molecular flexibility index (Phi) is 1.41. The van der Waals surface area contributed by atoms with E-state index in [4.69, 9.17) is 0 Å².